The molecule has 8 heteroatoms. The third-order valence-electron chi connectivity index (χ3n) is 3.23. The number of nitrogens with one attached hydrogen (secondary N) is 1. The molecule has 0 fully saturated rings. The summed E-state index contributed by atoms with van der Waals surface area (Å²) in [7, 11) is 0. The van der Waals surface area contributed by atoms with Crippen molar-refractivity contribution >= 4 is 23.2 Å². The second kappa shape index (κ2) is 7.74. The molecule has 0 saturated heterocycles. The lowest BCUT2D eigenvalue weighted by molar-refractivity contribution is -0.385. The Morgan fingerprint density at radius 1 is 1.38 bits per heavy atom. The third kappa shape index (κ3) is 4.42. The Labute approximate surface area is 142 Å². The molecule has 0 saturated carbocycles. The molecule has 24 heavy (non-hydrogen) atoms. The molecule has 126 valence electrons. The molecular formula is C16H14ClFN2O4. The van der Waals surface area contributed by atoms with Crippen molar-refractivity contribution in [3.05, 3.63) is 69.0 Å². The quantitative estimate of drug-likeness (QED) is 0.635. The second-order valence-corrected chi connectivity index (χ2v) is 5.38. The number of rotatable bonds is 6. The number of hydrogen-bond acceptors (Lipinski definition) is 4. The number of nitrogens with zero attached hydrogens (tertiary/aromatic N) is 1. The van der Waals surface area contributed by atoms with Gasteiger partial charge in [-0.2, -0.15) is 0 Å². The fourth-order valence-corrected chi connectivity index (χ4v) is 2.38. The first-order chi connectivity index (χ1) is 11.4. The molecule has 1 amide bonds. The first kappa shape index (κ1) is 17.7. The van der Waals surface area contributed by atoms with Gasteiger partial charge in [-0.05, 0) is 24.6 Å². The van der Waals surface area contributed by atoms with E-state index < -0.39 is 28.9 Å². The van der Waals surface area contributed by atoms with Crippen molar-refractivity contribution in [3.8, 4) is 5.75 Å². The zero-order valence-corrected chi connectivity index (χ0v) is 13.4. The smallest absolute Gasteiger partial charge is 0.311 e. The maximum Gasteiger partial charge on any atom is 0.311 e. The van der Waals surface area contributed by atoms with Gasteiger partial charge in [-0.1, -0.05) is 29.8 Å². The summed E-state index contributed by atoms with van der Waals surface area (Å²) in [6.45, 7) is 1.25. The van der Waals surface area contributed by atoms with Gasteiger partial charge in [0.1, 0.15) is 5.82 Å². The second-order valence-electron chi connectivity index (χ2n) is 4.97. The van der Waals surface area contributed by atoms with Gasteiger partial charge < -0.3 is 10.1 Å². The van der Waals surface area contributed by atoms with Crippen LogP contribution in [-0.2, 0) is 4.79 Å². The first-order valence-electron chi connectivity index (χ1n) is 6.99. The molecule has 0 aromatic heterocycles. The van der Waals surface area contributed by atoms with Crippen LogP contribution in [0.1, 0.15) is 18.5 Å². The van der Waals surface area contributed by atoms with E-state index in [0.29, 0.717) is 5.02 Å². The van der Waals surface area contributed by atoms with Crippen LogP contribution in [-0.4, -0.2) is 17.4 Å². The van der Waals surface area contributed by atoms with Gasteiger partial charge in [-0.3, -0.25) is 14.9 Å². The van der Waals surface area contributed by atoms with Crippen LogP contribution in [0.5, 0.6) is 5.75 Å². The molecule has 0 aliphatic rings. The van der Waals surface area contributed by atoms with Gasteiger partial charge in [0.15, 0.2) is 6.61 Å². The zero-order chi connectivity index (χ0) is 17.7. The molecule has 0 bridgehead atoms. The van der Waals surface area contributed by atoms with Gasteiger partial charge >= 0.3 is 5.69 Å². The lowest BCUT2D eigenvalue weighted by atomic mass is 10.1. The summed E-state index contributed by atoms with van der Waals surface area (Å²) in [6.07, 6.45) is 0. The summed E-state index contributed by atoms with van der Waals surface area (Å²) in [6, 6.07) is 9.45. The summed E-state index contributed by atoms with van der Waals surface area (Å²) in [5.41, 5.74) is 0.313. The maximum absolute atomic E-state index is 13.2. The lowest BCUT2D eigenvalue weighted by Gasteiger charge is -2.16. The van der Waals surface area contributed by atoms with E-state index in [4.69, 9.17) is 16.3 Å². The summed E-state index contributed by atoms with van der Waals surface area (Å²) in [5.74, 6) is -1.51. The lowest BCUT2D eigenvalue weighted by Crippen LogP contribution is -2.31. The Hall–Kier alpha value is -2.67. The monoisotopic (exact) mass is 352 g/mol. The minimum absolute atomic E-state index is 0.305. The van der Waals surface area contributed by atoms with E-state index in [1.54, 1.807) is 31.2 Å². The van der Waals surface area contributed by atoms with Gasteiger partial charge in [-0.15, -0.1) is 0 Å². The van der Waals surface area contributed by atoms with Crippen molar-refractivity contribution in [2.24, 2.45) is 0 Å². The van der Waals surface area contributed by atoms with Gasteiger partial charge in [0.2, 0.25) is 5.75 Å². The highest BCUT2D eigenvalue weighted by atomic mass is 35.5. The van der Waals surface area contributed by atoms with Crippen molar-refractivity contribution in [2.75, 3.05) is 6.61 Å². The first-order valence-corrected chi connectivity index (χ1v) is 7.37. The highest BCUT2D eigenvalue weighted by molar-refractivity contribution is 6.31. The topological polar surface area (TPSA) is 81.5 Å². The van der Waals surface area contributed by atoms with Crippen LogP contribution < -0.4 is 10.1 Å². The van der Waals surface area contributed by atoms with Crippen molar-refractivity contribution in [1.82, 2.24) is 5.32 Å². The SMILES string of the molecule is CC(NC(=O)COc1cc(F)ccc1[N+](=O)[O-])c1ccccc1Cl. The van der Waals surface area contributed by atoms with Crippen LogP contribution >= 0.6 is 11.6 Å². The molecule has 0 aliphatic carbocycles. The van der Waals surface area contributed by atoms with Crippen LogP contribution in [0.2, 0.25) is 5.02 Å². The van der Waals surface area contributed by atoms with E-state index >= 15 is 0 Å². The third-order valence-corrected chi connectivity index (χ3v) is 3.57. The van der Waals surface area contributed by atoms with E-state index in [9.17, 15) is 19.3 Å². The van der Waals surface area contributed by atoms with Crippen LogP contribution in [0.4, 0.5) is 10.1 Å². The van der Waals surface area contributed by atoms with Crippen LogP contribution in [0.25, 0.3) is 0 Å². The number of nitro groups is 1. The van der Waals surface area contributed by atoms with E-state index in [1.807, 2.05) is 0 Å². The zero-order valence-electron chi connectivity index (χ0n) is 12.7. The Morgan fingerprint density at radius 3 is 2.75 bits per heavy atom. The van der Waals surface area contributed by atoms with Gasteiger partial charge in [-0.25, -0.2) is 4.39 Å². The van der Waals surface area contributed by atoms with Gasteiger partial charge in [0.05, 0.1) is 11.0 Å². The normalized spacial score (nSPS) is 11.6. The predicted octanol–water partition coefficient (Wildman–Crippen LogP) is 3.64. The Morgan fingerprint density at radius 2 is 2.08 bits per heavy atom. The van der Waals surface area contributed by atoms with Crippen LogP contribution in [0, 0.1) is 15.9 Å². The molecule has 0 heterocycles. The van der Waals surface area contributed by atoms with E-state index in [2.05, 4.69) is 5.32 Å². The van der Waals surface area contributed by atoms with Gasteiger partial charge in [0.25, 0.3) is 5.91 Å². The fraction of sp³-hybridized carbons (Fsp3) is 0.188. The maximum atomic E-state index is 13.2. The minimum Gasteiger partial charge on any atom is -0.477 e. The number of nitro benzene ring substituents is 1. The molecule has 1 N–H and O–H groups in total. The van der Waals surface area contributed by atoms with E-state index in [0.717, 1.165) is 23.8 Å². The fourth-order valence-electron chi connectivity index (χ4n) is 2.08. The number of benzene rings is 2. The molecule has 1 unspecified atom stereocenters. The molecule has 2 aromatic carbocycles. The molecule has 0 aliphatic heterocycles. The Kier molecular flexibility index (Phi) is 5.70. The number of hydrogen-bond donors (Lipinski definition) is 1. The largest absolute Gasteiger partial charge is 0.477 e. The highest BCUT2D eigenvalue weighted by Gasteiger charge is 2.18. The van der Waals surface area contributed by atoms with E-state index in [1.165, 1.54) is 0 Å². The average Bonchev–Trinajstić information content (AvgIpc) is 2.53. The molecule has 0 spiro atoms. The molecule has 2 aromatic rings. The van der Waals surface area contributed by atoms with Crippen molar-refractivity contribution in [3.63, 3.8) is 0 Å². The number of amides is 1. The molecule has 0 radical (unpaired) electrons. The minimum atomic E-state index is -0.709. The molecule has 6 nitrogen and oxygen atoms in total. The summed E-state index contributed by atoms with van der Waals surface area (Å²) < 4.78 is 18.3. The van der Waals surface area contributed by atoms with Crippen molar-refractivity contribution in [1.29, 1.82) is 0 Å². The molecule has 1 atom stereocenters. The number of ether oxygens (including phenoxy) is 1. The predicted molar refractivity (Wildman–Crippen MR) is 86.6 cm³/mol. The van der Waals surface area contributed by atoms with Crippen molar-refractivity contribution < 1.29 is 18.8 Å². The highest BCUT2D eigenvalue weighted by Crippen LogP contribution is 2.27. The number of carbonyl (C=O) groups is 1. The molecule has 2 rings (SSSR count). The summed E-state index contributed by atoms with van der Waals surface area (Å²) in [5, 5.41) is 14.0. The molecular weight excluding hydrogens is 339 g/mol. The summed E-state index contributed by atoms with van der Waals surface area (Å²) >= 11 is 6.05. The standard InChI is InChI=1S/C16H14ClFN2O4/c1-10(12-4-2-3-5-13(12)17)19-16(21)9-24-15-8-11(18)6-7-14(15)20(22)23/h2-8,10H,9H2,1H3,(H,19,21). The van der Waals surface area contributed by atoms with Crippen LogP contribution in [0.15, 0.2) is 42.5 Å². The Bertz CT molecular complexity index is 769. The van der Waals surface area contributed by atoms with Gasteiger partial charge in [0, 0.05) is 17.2 Å². The number of carbonyl (C=O) groups excluding carboxylic acids is 1. The average molecular weight is 353 g/mol. The Balaban J connectivity index is 2.00. The number of halogens is 2. The summed E-state index contributed by atoms with van der Waals surface area (Å²) in [4.78, 5) is 22.1. The van der Waals surface area contributed by atoms with Crippen molar-refractivity contribution in [2.45, 2.75) is 13.0 Å². The van der Waals surface area contributed by atoms with E-state index in [-0.39, 0.29) is 11.8 Å². The van der Waals surface area contributed by atoms with Crippen LogP contribution in [0.3, 0.4) is 0 Å².